The lowest BCUT2D eigenvalue weighted by molar-refractivity contribution is 0.336. The average molecular weight is 322 g/mol. The van der Waals surface area contributed by atoms with Crippen LogP contribution in [0.25, 0.3) is 0 Å². The number of alkyl halides is 1. The van der Waals surface area contributed by atoms with Gasteiger partial charge >= 0.3 is 0 Å². The van der Waals surface area contributed by atoms with Gasteiger partial charge < -0.3 is 0 Å². The molecule has 0 heterocycles. The van der Waals surface area contributed by atoms with E-state index < -0.39 is 0 Å². The summed E-state index contributed by atoms with van der Waals surface area (Å²) in [6.07, 6.45) is 4.67. The van der Waals surface area contributed by atoms with E-state index >= 15 is 0 Å². The second kappa shape index (κ2) is 4.88. The Balaban J connectivity index is 2.21. The van der Waals surface area contributed by atoms with E-state index in [2.05, 4.69) is 22.9 Å². The first kappa shape index (κ1) is 12.7. The maximum atomic E-state index is 6.21. The van der Waals surface area contributed by atoms with Crippen LogP contribution in [0.3, 0.4) is 0 Å². The third kappa shape index (κ3) is 2.75. The Kier molecular flexibility index (Phi) is 3.88. The van der Waals surface area contributed by atoms with E-state index in [0.29, 0.717) is 10.2 Å². The van der Waals surface area contributed by atoms with E-state index in [0.717, 1.165) is 22.0 Å². The molecule has 0 bridgehead atoms. The SMILES string of the molecule is CC1(Cc2c(Cl)cccc2Cl)CCC(Br)C1. The molecule has 1 aliphatic carbocycles. The zero-order valence-corrected chi connectivity index (χ0v) is 12.4. The van der Waals surface area contributed by atoms with Crippen molar-refractivity contribution in [3.63, 3.8) is 0 Å². The van der Waals surface area contributed by atoms with Crippen LogP contribution in [-0.2, 0) is 6.42 Å². The summed E-state index contributed by atoms with van der Waals surface area (Å²) >= 11 is 16.1. The molecule has 1 aliphatic rings. The van der Waals surface area contributed by atoms with Gasteiger partial charge in [0.05, 0.1) is 0 Å². The van der Waals surface area contributed by atoms with Crippen LogP contribution in [0.1, 0.15) is 31.7 Å². The summed E-state index contributed by atoms with van der Waals surface area (Å²) in [5.74, 6) is 0. The number of halogens is 3. The van der Waals surface area contributed by atoms with E-state index in [1.165, 1.54) is 19.3 Å². The molecule has 1 saturated carbocycles. The molecule has 0 radical (unpaired) electrons. The predicted molar refractivity (Wildman–Crippen MR) is 74.8 cm³/mol. The molecule has 88 valence electrons. The summed E-state index contributed by atoms with van der Waals surface area (Å²) in [6.45, 7) is 2.33. The number of rotatable bonds is 2. The van der Waals surface area contributed by atoms with Crippen LogP contribution < -0.4 is 0 Å². The molecule has 3 heteroatoms. The minimum Gasteiger partial charge on any atom is -0.0890 e. The van der Waals surface area contributed by atoms with Crippen molar-refractivity contribution in [1.29, 1.82) is 0 Å². The summed E-state index contributed by atoms with van der Waals surface area (Å²) in [5.41, 5.74) is 1.44. The molecule has 2 unspecified atom stereocenters. The molecule has 1 fully saturated rings. The molecule has 0 amide bonds. The highest BCUT2D eigenvalue weighted by molar-refractivity contribution is 9.09. The molecule has 0 aliphatic heterocycles. The number of hydrogen-bond acceptors (Lipinski definition) is 0. The Bertz CT molecular complexity index is 371. The van der Waals surface area contributed by atoms with Gasteiger partial charge in [0.25, 0.3) is 0 Å². The van der Waals surface area contributed by atoms with Gasteiger partial charge in [-0.25, -0.2) is 0 Å². The van der Waals surface area contributed by atoms with E-state index in [1.54, 1.807) is 0 Å². The molecule has 1 aromatic carbocycles. The highest BCUT2D eigenvalue weighted by Gasteiger charge is 2.34. The smallest absolute Gasteiger partial charge is 0.0453 e. The van der Waals surface area contributed by atoms with Crippen LogP contribution in [0.4, 0.5) is 0 Å². The van der Waals surface area contributed by atoms with E-state index in [-0.39, 0.29) is 0 Å². The lowest BCUT2D eigenvalue weighted by Gasteiger charge is -2.24. The number of benzene rings is 1. The normalized spacial score (nSPS) is 29.6. The molecular weight excluding hydrogens is 307 g/mol. The lowest BCUT2D eigenvalue weighted by atomic mass is 9.82. The van der Waals surface area contributed by atoms with Crippen molar-refractivity contribution in [2.75, 3.05) is 0 Å². The number of hydrogen-bond donors (Lipinski definition) is 0. The van der Waals surface area contributed by atoms with Gasteiger partial charge in [-0.1, -0.05) is 52.1 Å². The second-order valence-corrected chi connectivity index (χ2v) is 7.14. The molecule has 0 nitrogen and oxygen atoms in total. The maximum Gasteiger partial charge on any atom is 0.0453 e. The Hall–Kier alpha value is 0.280. The second-order valence-electron chi connectivity index (χ2n) is 5.03. The van der Waals surface area contributed by atoms with E-state index in [9.17, 15) is 0 Å². The van der Waals surface area contributed by atoms with Gasteiger partial charge in [-0.15, -0.1) is 0 Å². The first-order chi connectivity index (χ1) is 7.50. The summed E-state index contributed by atoms with van der Waals surface area (Å²) in [7, 11) is 0. The van der Waals surface area contributed by atoms with Gasteiger partial charge in [0.15, 0.2) is 0 Å². The van der Waals surface area contributed by atoms with Crippen molar-refractivity contribution in [2.45, 2.75) is 37.4 Å². The summed E-state index contributed by atoms with van der Waals surface area (Å²) < 4.78 is 0. The summed E-state index contributed by atoms with van der Waals surface area (Å²) in [6, 6.07) is 5.75. The fourth-order valence-electron chi connectivity index (χ4n) is 2.53. The Labute approximate surface area is 115 Å². The van der Waals surface area contributed by atoms with Crippen molar-refractivity contribution in [3.8, 4) is 0 Å². The molecule has 0 saturated heterocycles. The van der Waals surface area contributed by atoms with Crippen LogP contribution in [0.5, 0.6) is 0 Å². The topological polar surface area (TPSA) is 0 Å². The van der Waals surface area contributed by atoms with Gasteiger partial charge in [0.1, 0.15) is 0 Å². The Morgan fingerprint density at radius 2 is 2.00 bits per heavy atom. The van der Waals surface area contributed by atoms with Crippen LogP contribution in [-0.4, -0.2) is 4.83 Å². The summed E-state index contributed by atoms with van der Waals surface area (Å²) in [5, 5.41) is 1.60. The van der Waals surface area contributed by atoms with Gasteiger partial charge in [0, 0.05) is 14.9 Å². The Morgan fingerprint density at radius 3 is 2.50 bits per heavy atom. The highest BCUT2D eigenvalue weighted by atomic mass is 79.9. The molecule has 0 N–H and O–H groups in total. The van der Waals surface area contributed by atoms with E-state index in [4.69, 9.17) is 23.2 Å². The lowest BCUT2D eigenvalue weighted by Crippen LogP contribution is -2.16. The van der Waals surface area contributed by atoms with Crippen LogP contribution in [0, 0.1) is 5.41 Å². The van der Waals surface area contributed by atoms with Crippen LogP contribution in [0.2, 0.25) is 10.0 Å². The molecule has 0 spiro atoms. The molecule has 2 rings (SSSR count). The van der Waals surface area contributed by atoms with Crippen LogP contribution >= 0.6 is 39.1 Å². The molecule has 1 aromatic rings. The average Bonchev–Trinajstić information content (AvgIpc) is 2.53. The summed E-state index contributed by atoms with van der Waals surface area (Å²) in [4.78, 5) is 0.652. The first-order valence-corrected chi connectivity index (χ1v) is 7.24. The van der Waals surface area contributed by atoms with Crippen molar-refractivity contribution in [1.82, 2.24) is 0 Å². The monoisotopic (exact) mass is 320 g/mol. The minimum absolute atomic E-state index is 0.336. The zero-order chi connectivity index (χ0) is 11.8. The minimum atomic E-state index is 0.336. The van der Waals surface area contributed by atoms with Gasteiger partial charge in [0.2, 0.25) is 0 Å². The largest absolute Gasteiger partial charge is 0.0890 e. The Morgan fingerprint density at radius 1 is 1.38 bits per heavy atom. The quantitative estimate of drug-likeness (QED) is 0.632. The fourth-order valence-corrected chi connectivity index (χ4v) is 4.07. The van der Waals surface area contributed by atoms with Crippen LogP contribution in [0.15, 0.2) is 18.2 Å². The third-order valence-electron chi connectivity index (χ3n) is 3.44. The predicted octanol–water partition coefficient (Wildman–Crippen LogP) is 5.49. The maximum absolute atomic E-state index is 6.21. The van der Waals surface area contributed by atoms with Gasteiger partial charge in [-0.2, -0.15) is 0 Å². The van der Waals surface area contributed by atoms with Gasteiger partial charge in [-0.05, 0) is 48.8 Å². The molecule has 16 heavy (non-hydrogen) atoms. The van der Waals surface area contributed by atoms with E-state index in [1.807, 2.05) is 18.2 Å². The van der Waals surface area contributed by atoms with Crippen molar-refractivity contribution < 1.29 is 0 Å². The third-order valence-corrected chi connectivity index (χ3v) is 4.93. The first-order valence-electron chi connectivity index (χ1n) is 5.57. The zero-order valence-electron chi connectivity index (χ0n) is 9.27. The van der Waals surface area contributed by atoms with Gasteiger partial charge in [-0.3, -0.25) is 0 Å². The van der Waals surface area contributed by atoms with Crippen molar-refractivity contribution in [3.05, 3.63) is 33.8 Å². The fraction of sp³-hybridized carbons (Fsp3) is 0.538. The standard InChI is InChI=1S/C13H15BrCl2/c1-13(6-5-9(14)7-13)8-10-11(15)3-2-4-12(10)16/h2-4,9H,5-8H2,1H3. The highest BCUT2D eigenvalue weighted by Crippen LogP contribution is 2.45. The molecule has 2 atom stereocenters. The molecular formula is C13H15BrCl2. The van der Waals surface area contributed by atoms with Crippen molar-refractivity contribution in [2.24, 2.45) is 5.41 Å². The van der Waals surface area contributed by atoms with Crippen molar-refractivity contribution >= 4 is 39.1 Å². The molecule has 0 aromatic heterocycles.